The van der Waals surface area contributed by atoms with Crippen molar-refractivity contribution in [2.24, 2.45) is 5.92 Å². The summed E-state index contributed by atoms with van der Waals surface area (Å²) in [7, 11) is 0. The Bertz CT molecular complexity index is 593. The minimum absolute atomic E-state index is 0. The van der Waals surface area contributed by atoms with Crippen molar-refractivity contribution in [3.63, 3.8) is 0 Å². The molecule has 24 heavy (non-hydrogen) atoms. The lowest BCUT2D eigenvalue weighted by atomic mass is 9.99. The van der Waals surface area contributed by atoms with E-state index in [1.54, 1.807) is 6.07 Å². The molecule has 7 heteroatoms. The van der Waals surface area contributed by atoms with Gasteiger partial charge in [0.15, 0.2) is 0 Å². The van der Waals surface area contributed by atoms with Crippen LogP contribution in [0.1, 0.15) is 43.2 Å². The van der Waals surface area contributed by atoms with E-state index in [1.807, 2.05) is 6.92 Å². The van der Waals surface area contributed by atoms with E-state index in [1.165, 1.54) is 12.1 Å². The van der Waals surface area contributed by atoms with Crippen molar-refractivity contribution in [3.8, 4) is 0 Å². The van der Waals surface area contributed by atoms with Crippen LogP contribution in [0, 0.1) is 5.92 Å². The van der Waals surface area contributed by atoms with Crippen molar-refractivity contribution in [1.82, 2.24) is 10.6 Å². The third kappa shape index (κ3) is 4.22. The van der Waals surface area contributed by atoms with Gasteiger partial charge in [0.2, 0.25) is 5.91 Å². The highest BCUT2D eigenvalue weighted by molar-refractivity contribution is 5.85. The van der Waals surface area contributed by atoms with E-state index in [2.05, 4.69) is 10.6 Å². The molecule has 1 heterocycles. The molecule has 1 saturated heterocycles. The largest absolute Gasteiger partial charge is 0.416 e. The molecule has 1 saturated carbocycles. The molecule has 0 spiro atoms. The van der Waals surface area contributed by atoms with Crippen LogP contribution in [-0.4, -0.2) is 24.5 Å². The second-order valence-electron chi connectivity index (χ2n) is 6.57. The van der Waals surface area contributed by atoms with Crippen LogP contribution in [0.3, 0.4) is 0 Å². The van der Waals surface area contributed by atoms with Crippen LogP contribution in [-0.2, 0) is 11.0 Å². The topological polar surface area (TPSA) is 41.1 Å². The molecular weight excluding hydrogens is 341 g/mol. The van der Waals surface area contributed by atoms with Crippen molar-refractivity contribution in [2.45, 2.75) is 50.4 Å². The summed E-state index contributed by atoms with van der Waals surface area (Å²) in [5.74, 6) is -0.329. The number of hydrogen-bond donors (Lipinski definition) is 2. The molecule has 1 aromatic rings. The lowest BCUT2D eigenvalue weighted by Crippen LogP contribution is -2.52. The Balaban J connectivity index is 0.00000208. The van der Waals surface area contributed by atoms with Crippen molar-refractivity contribution < 1.29 is 18.0 Å². The fraction of sp³-hybridized carbons (Fsp3) is 0.588. The first-order valence-electron chi connectivity index (χ1n) is 8.07. The van der Waals surface area contributed by atoms with Crippen LogP contribution in [0.4, 0.5) is 13.2 Å². The van der Waals surface area contributed by atoms with Gasteiger partial charge in [0, 0.05) is 18.0 Å². The maximum atomic E-state index is 12.8. The number of nitrogens with one attached hydrogen (secondary N) is 2. The van der Waals surface area contributed by atoms with Gasteiger partial charge in [-0.2, -0.15) is 13.2 Å². The van der Waals surface area contributed by atoms with E-state index in [4.69, 9.17) is 0 Å². The Morgan fingerprint density at radius 3 is 2.75 bits per heavy atom. The van der Waals surface area contributed by atoms with Crippen LogP contribution in [0.5, 0.6) is 0 Å². The van der Waals surface area contributed by atoms with Crippen molar-refractivity contribution in [2.75, 3.05) is 6.54 Å². The number of benzene rings is 1. The highest BCUT2D eigenvalue weighted by Crippen LogP contribution is 2.48. The van der Waals surface area contributed by atoms with E-state index in [-0.39, 0.29) is 42.2 Å². The van der Waals surface area contributed by atoms with Crippen LogP contribution in [0.25, 0.3) is 0 Å². The first-order valence-corrected chi connectivity index (χ1v) is 8.07. The fourth-order valence-corrected chi connectivity index (χ4v) is 3.33. The number of carbonyl (C=O) groups excluding carboxylic acids is 1. The summed E-state index contributed by atoms with van der Waals surface area (Å²) in [6.45, 7) is 3.01. The number of halogens is 4. The molecule has 134 valence electrons. The summed E-state index contributed by atoms with van der Waals surface area (Å²) >= 11 is 0. The number of amides is 1. The van der Waals surface area contributed by atoms with Gasteiger partial charge in [0.05, 0.1) is 5.56 Å². The quantitative estimate of drug-likeness (QED) is 0.864. The van der Waals surface area contributed by atoms with Gasteiger partial charge in [-0.1, -0.05) is 18.2 Å². The van der Waals surface area contributed by atoms with Gasteiger partial charge in [-0.05, 0) is 50.3 Å². The summed E-state index contributed by atoms with van der Waals surface area (Å²) < 4.78 is 38.3. The highest BCUT2D eigenvalue weighted by atomic mass is 35.5. The lowest BCUT2D eigenvalue weighted by molar-refractivity contribution is -0.137. The summed E-state index contributed by atoms with van der Waals surface area (Å²) in [5.41, 5.74) is -0.0408. The van der Waals surface area contributed by atoms with E-state index in [0.717, 1.165) is 25.5 Å². The molecule has 2 fully saturated rings. The van der Waals surface area contributed by atoms with E-state index in [0.29, 0.717) is 12.0 Å². The Morgan fingerprint density at radius 2 is 2.08 bits per heavy atom. The second-order valence-corrected chi connectivity index (χ2v) is 6.57. The molecule has 1 aromatic carbocycles. The molecular formula is C17H22ClF3N2O. The number of carbonyl (C=O) groups is 1. The summed E-state index contributed by atoms with van der Waals surface area (Å²) in [5, 5.41) is 6.38. The fourth-order valence-electron chi connectivity index (χ4n) is 3.33. The average molecular weight is 363 g/mol. The molecule has 0 aromatic heterocycles. The SMILES string of the molecule is CC1NCCCC1NC(=O)C1CC1c1cccc(C(F)(F)F)c1.Cl. The zero-order chi connectivity index (χ0) is 16.6. The third-order valence-electron chi connectivity index (χ3n) is 4.86. The van der Waals surface area contributed by atoms with Gasteiger partial charge in [-0.3, -0.25) is 4.79 Å². The number of piperidine rings is 1. The van der Waals surface area contributed by atoms with E-state index in [9.17, 15) is 18.0 Å². The molecule has 3 nitrogen and oxygen atoms in total. The molecule has 2 N–H and O–H groups in total. The molecule has 4 atom stereocenters. The van der Waals surface area contributed by atoms with E-state index < -0.39 is 11.7 Å². The minimum Gasteiger partial charge on any atom is -0.352 e. The molecule has 4 unspecified atom stereocenters. The number of alkyl halides is 3. The van der Waals surface area contributed by atoms with Gasteiger partial charge in [-0.25, -0.2) is 0 Å². The predicted molar refractivity (Wildman–Crippen MR) is 88.2 cm³/mol. The Kier molecular flexibility index (Phi) is 5.81. The number of rotatable bonds is 3. The van der Waals surface area contributed by atoms with Crippen LogP contribution in [0.2, 0.25) is 0 Å². The Morgan fingerprint density at radius 1 is 1.33 bits per heavy atom. The number of hydrogen-bond acceptors (Lipinski definition) is 2. The first kappa shape index (κ1) is 19.1. The van der Waals surface area contributed by atoms with Crippen molar-refractivity contribution in [3.05, 3.63) is 35.4 Å². The smallest absolute Gasteiger partial charge is 0.352 e. The van der Waals surface area contributed by atoms with Gasteiger partial charge >= 0.3 is 6.18 Å². The molecule has 2 aliphatic rings. The maximum Gasteiger partial charge on any atom is 0.416 e. The molecule has 1 aliphatic heterocycles. The normalized spacial score (nSPS) is 29.5. The van der Waals surface area contributed by atoms with Crippen molar-refractivity contribution >= 4 is 18.3 Å². The van der Waals surface area contributed by atoms with Crippen molar-refractivity contribution in [1.29, 1.82) is 0 Å². The summed E-state index contributed by atoms with van der Waals surface area (Å²) in [4.78, 5) is 12.3. The predicted octanol–water partition coefficient (Wildman–Crippen LogP) is 3.49. The van der Waals surface area contributed by atoms with Gasteiger partial charge < -0.3 is 10.6 Å². The lowest BCUT2D eigenvalue weighted by Gasteiger charge is -2.30. The summed E-state index contributed by atoms with van der Waals surface area (Å²) in [6, 6.07) is 5.67. The Labute approximate surface area is 145 Å². The standard InChI is InChI=1S/C17H21F3N2O.ClH/c1-10-15(6-3-7-21-10)22-16(23)14-9-13(14)11-4-2-5-12(8-11)17(18,19)20;/h2,4-5,8,10,13-15,21H,3,6-7,9H2,1H3,(H,22,23);1H. The highest BCUT2D eigenvalue weighted by Gasteiger charge is 2.45. The Hall–Kier alpha value is -1.27. The third-order valence-corrected chi connectivity index (χ3v) is 4.86. The van der Waals surface area contributed by atoms with E-state index >= 15 is 0 Å². The summed E-state index contributed by atoms with van der Waals surface area (Å²) in [6.07, 6.45) is -1.74. The zero-order valence-corrected chi connectivity index (χ0v) is 14.2. The van der Waals surface area contributed by atoms with Crippen LogP contribution in [0.15, 0.2) is 24.3 Å². The molecule has 1 amide bonds. The average Bonchev–Trinajstić information content (AvgIpc) is 3.29. The van der Waals surface area contributed by atoms with Gasteiger partial charge in [0.25, 0.3) is 0 Å². The molecule has 0 bridgehead atoms. The van der Waals surface area contributed by atoms with Gasteiger partial charge in [-0.15, -0.1) is 12.4 Å². The van der Waals surface area contributed by atoms with Crippen LogP contribution < -0.4 is 10.6 Å². The molecule has 0 radical (unpaired) electrons. The first-order chi connectivity index (χ1) is 10.9. The monoisotopic (exact) mass is 362 g/mol. The second kappa shape index (κ2) is 7.31. The van der Waals surface area contributed by atoms with Gasteiger partial charge in [0.1, 0.15) is 0 Å². The zero-order valence-electron chi connectivity index (χ0n) is 13.4. The maximum absolute atomic E-state index is 12.8. The van der Waals surface area contributed by atoms with Crippen LogP contribution >= 0.6 is 12.4 Å². The molecule has 3 rings (SSSR count). The molecule has 1 aliphatic carbocycles. The minimum atomic E-state index is -4.34.